The van der Waals surface area contributed by atoms with Gasteiger partial charge in [-0.15, -0.1) is 0 Å². The number of carbonyl (C=O) groups excluding carboxylic acids is 1. The smallest absolute Gasteiger partial charge is 0.311 e. The number of fused-ring (bicyclic) bond motifs is 4. The monoisotopic (exact) mass is 379 g/mol. The number of carbonyl (C=O) groups is 1. The van der Waals surface area contributed by atoms with Crippen LogP contribution in [0.4, 0.5) is 0 Å². The SMILES string of the molecule is CCOC(=O)[C@H]1C2CCC(CC2)[C@@H]1n1ccc2c(Cl)nc(SC)nc21. The first kappa shape index (κ1) is 17.2. The number of esters is 1. The number of ether oxygens (including phenoxy) is 1. The van der Waals surface area contributed by atoms with Crippen LogP contribution in [0, 0.1) is 17.8 Å². The fourth-order valence-corrected chi connectivity index (χ4v) is 5.34. The van der Waals surface area contributed by atoms with Crippen molar-refractivity contribution < 1.29 is 9.53 Å². The fourth-order valence-electron chi connectivity index (χ4n) is 4.70. The van der Waals surface area contributed by atoms with E-state index in [-0.39, 0.29) is 17.9 Å². The van der Waals surface area contributed by atoms with Crippen molar-refractivity contribution >= 4 is 40.4 Å². The molecule has 2 aromatic rings. The van der Waals surface area contributed by atoms with Gasteiger partial charge in [-0.2, -0.15) is 0 Å². The van der Waals surface area contributed by atoms with E-state index in [1.54, 1.807) is 0 Å². The van der Waals surface area contributed by atoms with Crippen LogP contribution in [0.25, 0.3) is 11.0 Å². The lowest BCUT2D eigenvalue weighted by molar-refractivity contribution is -0.157. The van der Waals surface area contributed by atoms with Gasteiger partial charge in [0.1, 0.15) is 10.8 Å². The summed E-state index contributed by atoms with van der Waals surface area (Å²) >= 11 is 7.83. The molecule has 0 saturated heterocycles. The number of halogens is 1. The van der Waals surface area contributed by atoms with Crippen molar-refractivity contribution in [2.24, 2.45) is 17.8 Å². The molecule has 5 nitrogen and oxygen atoms in total. The average molecular weight is 380 g/mol. The Kier molecular flexibility index (Phi) is 4.67. The van der Waals surface area contributed by atoms with Crippen molar-refractivity contribution in [3.05, 3.63) is 17.4 Å². The molecule has 3 aliphatic carbocycles. The second kappa shape index (κ2) is 6.80. The second-order valence-corrected chi connectivity index (χ2v) is 8.04. The van der Waals surface area contributed by atoms with Gasteiger partial charge in [0.25, 0.3) is 0 Å². The van der Waals surface area contributed by atoms with Crippen molar-refractivity contribution in [3.8, 4) is 0 Å². The minimum atomic E-state index is -0.0884. The van der Waals surface area contributed by atoms with Crippen LogP contribution in [-0.4, -0.2) is 33.4 Å². The van der Waals surface area contributed by atoms with Crippen molar-refractivity contribution in [2.45, 2.75) is 43.8 Å². The van der Waals surface area contributed by atoms with Gasteiger partial charge >= 0.3 is 5.97 Å². The van der Waals surface area contributed by atoms with E-state index < -0.39 is 0 Å². The summed E-state index contributed by atoms with van der Waals surface area (Å²) in [5, 5.41) is 1.98. The molecule has 0 aromatic carbocycles. The van der Waals surface area contributed by atoms with E-state index in [2.05, 4.69) is 9.55 Å². The average Bonchev–Trinajstić information content (AvgIpc) is 3.06. The van der Waals surface area contributed by atoms with Crippen LogP contribution in [0.3, 0.4) is 0 Å². The molecule has 2 heterocycles. The number of thioether (sulfide) groups is 1. The molecular formula is C18H22ClN3O2S. The molecule has 5 rings (SSSR count). The summed E-state index contributed by atoms with van der Waals surface area (Å²) in [6.07, 6.45) is 8.53. The normalized spacial score (nSPS) is 28.4. The quantitative estimate of drug-likeness (QED) is 0.342. The van der Waals surface area contributed by atoms with Crippen molar-refractivity contribution in [2.75, 3.05) is 12.9 Å². The Labute approximate surface area is 156 Å². The number of nitrogens with zero attached hydrogens (tertiary/aromatic N) is 3. The first-order valence-electron chi connectivity index (χ1n) is 8.88. The summed E-state index contributed by atoms with van der Waals surface area (Å²) in [5.41, 5.74) is 0.830. The van der Waals surface area contributed by atoms with Crippen molar-refractivity contribution in [1.82, 2.24) is 14.5 Å². The summed E-state index contributed by atoms with van der Waals surface area (Å²) in [6, 6.07) is 2.07. The lowest BCUT2D eigenvalue weighted by atomic mass is 9.61. The van der Waals surface area contributed by atoms with Crippen LogP contribution in [-0.2, 0) is 9.53 Å². The minimum Gasteiger partial charge on any atom is -0.466 e. The molecule has 3 fully saturated rings. The van der Waals surface area contributed by atoms with E-state index in [9.17, 15) is 4.79 Å². The molecule has 0 spiro atoms. The maximum Gasteiger partial charge on any atom is 0.311 e. The second-order valence-electron chi connectivity index (χ2n) is 6.90. The zero-order chi connectivity index (χ0) is 17.6. The van der Waals surface area contributed by atoms with E-state index in [4.69, 9.17) is 21.3 Å². The highest BCUT2D eigenvalue weighted by Crippen LogP contribution is 2.52. The number of hydrogen-bond acceptors (Lipinski definition) is 5. The Morgan fingerprint density at radius 3 is 2.72 bits per heavy atom. The van der Waals surface area contributed by atoms with Crippen LogP contribution < -0.4 is 0 Å². The van der Waals surface area contributed by atoms with Crippen LogP contribution in [0.5, 0.6) is 0 Å². The molecule has 7 heteroatoms. The zero-order valence-corrected chi connectivity index (χ0v) is 16.0. The van der Waals surface area contributed by atoms with E-state index in [1.807, 2.05) is 25.4 Å². The number of rotatable bonds is 4. The third kappa shape index (κ3) is 2.83. The topological polar surface area (TPSA) is 57.0 Å². The molecule has 3 aliphatic rings. The maximum absolute atomic E-state index is 12.7. The lowest BCUT2D eigenvalue weighted by Crippen LogP contribution is -2.45. The van der Waals surface area contributed by atoms with Gasteiger partial charge in [0.15, 0.2) is 5.16 Å². The highest BCUT2D eigenvalue weighted by molar-refractivity contribution is 7.98. The summed E-state index contributed by atoms with van der Waals surface area (Å²) < 4.78 is 7.59. The fraction of sp³-hybridized carbons (Fsp3) is 0.611. The Morgan fingerprint density at radius 2 is 2.04 bits per heavy atom. The molecule has 2 atom stereocenters. The Morgan fingerprint density at radius 1 is 1.32 bits per heavy atom. The highest BCUT2D eigenvalue weighted by Gasteiger charge is 2.49. The highest BCUT2D eigenvalue weighted by atomic mass is 35.5. The molecule has 0 radical (unpaired) electrons. The molecule has 2 aromatic heterocycles. The lowest BCUT2D eigenvalue weighted by Gasteiger charge is -2.47. The number of hydrogen-bond donors (Lipinski definition) is 0. The molecule has 0 N–H and O–H groups in total. The Hall–Kier alpha value is -1.27. The third-order valence-corrected chi connectivity index (χ3v) is 6.58. The molecule has 0 aliphatic heterocycles. The Bertz CT molecular complexity index is 801. The van der Waals surface area contributed by atoms with Gasteiger partial charge in [0, 0.05) is 6.20 Å². The van der Waals surface area contributed by atoms with Gasteiger partial charge in [0.05, 0.1) is 24.0 Å². The summed E-state index contributed by atoms with van der Waals surface area (Å²) in [7, 11) is 0. The molecule has 134 valence electrons. The van der Waals surface area contributed by atoms with E-state index in [0.717, 1.165) is 23.9 Å². The van der Waals surface area contributed by atoms with Gasteiger partial charge in [-0.25, -0.2) is 9.97 Å². The summed E-state index contributed by atoms with van der Waals surface area (Å²) in [4.78, 5) is 21.7. The molecule has 0 amide bonds. The first-order valence-corrected chi connectivity index (χ1v) is 10.5. The van der Waals surface area contributed by atoms with Crippen LogP contribution >= 0.6 is 23.4 Å². The predicted molar refractivity (Wildman–Crippen MR) is 98.9 cm³/mol. The van der Waals surface area contributed by atoms with Gasteiger partial charge in [0.2, 0.25) is 0 Å². The molecule has 0 unspecified atom stereocenters. The number of aromatic nitrogens is 3. The Balaban J connectivity index is 1.82. The van der Waals surface area contributed by atoms with E-state index >= 15 is 0 Å². The molecule has 3 saturated carbocycles. The van der Waals surface area contributed by atoms with E-state index in [1.165, 1.54) is 24.6 Å². The third-order valence-electron chi connectivity index (χ3n) is 5.74. The van der Waals surface area contributed by atoms with Crippen LogP contribution in [0.15, 0.2) is 17.4 Å². The molecular weight excluding hydrogens is 358 g/mol. The van der Waals surface area contributed by atoms with E-state index in [0.29, 0.717) is 28.8 Å². The van der Waals surface area contributed by atoms with Gasteiger partial charge in [-0.05, 0) is 56.8 Å². The van der Waals surface area contributed by atoms with Crippen LogP contribution in [0.1, 0.15) is 38.6 Å². The van der Waals surface area contributed by atoms with Gasteiger partial charge < -0.3 is 9.30 Å². The van der Waals surface area contributed by atoms with Crippen molar-refractivity contribution in [1.29, 1.82) is 0 Å². The zero-order valence-electron chi connectivity index (χ0n) is 14.4. The standard InChI is InChI=1S/C18H22ClN3O2S/c1-3-24-17(23)13-10-4-6-11(7-5-10)14(13)22-9-8-12-15(19)20-18(25-2)21-16(12)22/h8-11,13-14H,3-7H2,1-2H3/t10?,11?,13-,14-/m0/s1. The maximum atomic E-state index is 12.7. The largest absolute Gasteiger partial charge is 0.466 e. The van der Waals surface area contributed by atoms with Gasteiger partial charge in [-0.3, -0.25) is 4.79 Å². The van der Waals surface area contributed by atoms with Crippen molar-refractivity contribution in [3.63, 3.8) is 0 Å². The molecule has 2 bridgehead atoms. The summed E-state index contributed by atoms with van der Waals surface area (Å²) in [6.45, 7) is 2.30. The van der Waals surface area contributed by atoms with Gasteiger partial charge in [-0.1, -0.05) is 23.4 Å². The van der Waals surface area contributed by atoms with Crippen LogP contribution in [0.2, 0.25) is 5.15 Å². The molecule has 25 heavy (non-hydrogen) atoms. The summed E-state index contributed by atoms with van der Waals surface area (Å²) in [5.74, 6) is 0.744. The predicted octanol–water partition coefficient (Wildman–Crippen LogP) is 4.35. The first-order chi connectivity index (χ1) is 12.1. The minimum absolute atomic E-state index is 0.0611.